The van der Waals surface area contributed by atoms with E-state index in [1.165, 1.54) is 6.47 Å². The predicted octanol–water partition coefficient (Wildman–Crippen LogP) is 0.866. The molecule has 0 saturated heterocycles. The number of hydrogen-bond donors (Lipinski definition) is 0. The van der Waals surface area contributed by atoms with E-state index in [1.807, 2.05) is 13.8 Å². The third kappa shape index (κ3) is 5.99. The first-order chi connectivity index (χ1) is 3.31. The van der Waals surface area contributed by atoms with Crippen LogP contribution in [0.2, 0.25) is 0 Å². The van der Waals surface area contributed by atoms with E-state index in [2.05, 4.69) is 4.74 Å². The third-order valence-corrected chi connectivity index (χ3v) is 0.824. The molecular formula is C5H9FeO2-. The van der Waals surface area contributed by atoms with Gasteiger partial charge in [-0.25, -0.2) is 0 Å². The third-order valence-electron chi connectivity index (χ3n) is 0.824. The summed E-state index contributed by atoms with van der Waals surface area (Å²) in [6.45, 7) is 5.14. The Balaban J connectivity index is 0. The Bertz CT molecular complexity index is 56.4. The van der Waals surface area contributed by atoms with Crippen LogP contribution in [-0.2, 0) is 26.6 Å². The number of ether oxygens (including phenoxy) is 1. The first-order valence-corrected chi connectivity index (χ1v) is 2.34. The van der Waals surface area contributed by atoms with Gasteiger partial charge in [0, 0.05) is 17.1 Å². The summed E-state index contributed by atoms with van der Waals surface area (Å²) in [6, 6.07) is 0. The van der Waals surface area contributed by atoms with E-state index in [0.717, 1.165) is 6.42 Å². The van der Waals surface area contributed by atoms with E-state index in [4.69, 9.17) is 0 Å². The summed E-state index contributed by atoms with van der Waals surface area (Å²) in [5.74, 6) is 0. The van der Waals surface area contributed by atoms with Crippen LogP contribution in [0.5, 0.6) is 0 Å². The van der Waals surface area contributed by atoms with Crippen LogP contribution in [0.15, 0.2) is 0 Å². The molecule has 8 heavy (non-hydrogen) atoms. The van der Waals surface area contributed by atoms with E-state index in [1.54, 1.807) is 0 Å². The van der Waals surface area contributed by atoms with Gasteiger partial charge >= 0.3 is 0 Å². The van der Waals surface area contributed by atoms with Crippen molar-refractivity contribution in [1.29, 1.82) is 0 Å². The molecule has 0 aliphatic heterocycles. The summed E-state index contributed by atoms with van der Waals surface area (Å²) in [4.78, 5) is 9.43. The zero-order valence-electron chi connectivity index (χ0n) is 4.95. The molecule has 0 radical (unpaired) electrons. The molecule has 1 unspecified atom stereocenters. The molecule has 0 aromatic rings. The Labute approximate surface area is 60.1 Å². The monoisotopic (exact) mass is 157 g/mol. The molecule has 50 valence electrons. The molecule has 0 aromatic heterocycles. The van der Waals surface area contributed by atoms with Crippen molar-refractivity contribution in [2.75, 3.05) is 0 Å². The molecule has 0 N–H and O–H groups in total. The minimum Gasteiger partial charge on any atom is -0.651 e. The second kappa shape index (κ2) is 6.99. The molecule has 2 nitrogen and oxygen atoms in total. The van der Waals surface area contributed by atoms with E-state index in [-0.39, 0.29) is 23.2 Å². The van der Waals surface area contributed by atoms with Gasteiger partial charge in [0.15, 0.2) is 0 Å². The molecule has 0 heterocycles. The van der Waals surface area contributed by atoms with Gasteiger partial charge < -0.3 is 9.53 Å². The number of rotatable bonds is 3. The first kappa shape index (κ1) is 10.9. The van der Waals surface area contributed by atoms with Gasteiger partial charge in [0.25, 0.3) is 0 Å². The van der Waals surface area contributed by atoms with Gasteiger partial charge in [-0.05, 0) is 13.3 Å². The molecule has 0 aliphatic carbocycles. The van der Waals surface area contributed by atoms with Crippen LogP contribution in [0.25, 0.3) is 0 Å². The molecule has 0 saturated carbocycles. The summed E-state index contributed by atoms with van der Waals surface area (Å²) in [5.41, 5.74) is 0. The Morgan fingerprint density at radius 1 is 1.75 bits per heavy atom. The summed E-state index contributed by atoms with van der Waals surface area (Å²) in [6.07, 6.45) is 0.882. The van der Waals surface area contributed by atoms with Gasteiger partial charge in [0.05, 0.1) is 6.10 Å². The fourth-order valence-corrected chi connectivity index (χ4v) is 0.165. The molecule has 0 rings (SSSR count). The average molecular weight is 157 g/mol. The largest absolute Gasteiger partial charge is 0.651 e. The van der Waals surface area contributed by atoms with Crippen molar-refractivity contribution >= 4 is 6.47 Å². The summed E-state index contributed by atoms with van der Waals surface area (Å²) < 4.78 is 4.39. The van der Waals surface area contributed by atoms with Gasteiger partial charge in [-0.15, -0.1) is 0 Å². The van der Waals surface area contributed by atoms with Gasteiger partial charge in [-0.2, -0.15) is 0 Å². The normalized spacial score (nSPS) is 11.2. The van der Waals surface area contributed by atoms with Crippen molar-refractivity contribution < 1.29 is 26.6 Å². The van der Waals surface area contributed by atoms with Gasteiger partial charge in [-0.3, -0.25) is 0 Å². The number of carbonyl (C=O) groups excluding carboxylic acids is 1. The molecule has 0 bridgehead atoms. The van der Waals surface area contributed by atoms with Gasteiger partial charge in [0.1, 0.15) is 0 Å². The van der Waals surface area contributed by atoms with Crippen LogP contribution in [-0.4, -0.2) is 12.6 Å². The smallest absolute Gasteiger partial charge is 0.0564 e. The summed E-state index contributed by atoms with van der Waals surface area (Å²) >= 11 is 0. The maximum absolute atomic E-state index is 9.43. The van der Waals surface area contributed by atoms with Crippen molar-refractivity contribution in [3.05, 3.63) is 0 Å². The van der Waals surface area contributed by atoms with Crippen LogP contribution in [0.4, 0.5) is 0 Å². The van der Waals surface area contributed by atoms with Crippen LogP contribution in [0, 0.1) is 0 Å². The minimum atomic E-state index is 0. The molecular weight excluding hydrogens is 148 g/mol. The quantitative estimate of drug-likeness (QED) is 0.448. The Morgan fingerprint density at radius 3 is 2.38 bits per heavy atom. The standard InChI is InChI=1S/C5H9O2.Fe/c1-3-5(2)7-4-6;/h5H,3H2,1-2H3;/q-1;. The van der Waals surface area contributed by atoms with E-state index >= 15 is 0 Å². The van der Waals surface area contributed by atoms with Crippen LogP contribution >= 0.6 is 0 Å². The van der Waals surface area contributed by atoms with E-state index < -0.39 is 0 Å². The van der Waals surface area contributed by atoms with Crippen LogP contribution in [0.3, 0.4) is 0 Å². The van der Waals surface area contributed by atoms with E-state index in [9.17, 15) is 4.79 Å². The molecule has 0 spiro atoms. The predicted molar refractivity (Wildman–Crippen MR) is 26.5 cm³/mol. The molecule has 0 amide bonds. The average Bonchev–Trinajstić information content (AvgIpc) is 1.68. The van der Waals surface area contributed by atoms with Crippen molar-refractivity contribution in [2.24, 2.45) is 0 Å². The molecule has 0 fully saturated rings. The SMILES string of the molecule is CCC(C)O[C-]=O.[Fe]. The van der Waals surface area contributed by atoms with Crippen LogP contribution < -0.4 is 0 Å². The topological polar surface area (TPSA) is 26.3 Å². The second-order valence-corrected chi connectivity index (χ2v) is 1.42. The number of hydrogen-bond acceptors (Lipinski definition) is 2. The minimum absolute atomic E-state index is 0. The summed E-state index contributed by atoms with van der Waals surface area (Å²) in [7, 11) is 0. The zero-order chi connectivity index (χ0) is 5.70. The summed E-state index contributed by atoms with van der Waals surface area (Å²) in [5, 5.41) is 0. The van der Waals surface area contributed by atoms with Gasteiger partial charge in [-0.1, -0.05) is 13.4 Å². The van der Waals surface area contributed by atoms with E-state index in [0.29, 0.717) is 0 Å². The second-order valence-electron chi connectivity index (χ2n) is 1.42. The Hall–Kier alpha value is -0.0105. The van der Waals surface area contributed by atoms with Crippen LogP contribution in [0.1, 0.15) is 20.3 Å². The van der Waals surface area contributed by atoms with Crippen molar-refractivity contribution in [2.45, 2.75) is 26.4 Å². The maximum Gasteiger partial charge on any atom is 0.0564 e. The van der Waals surface area contributed by atoms with Gasteiger partial charge in [0.2, 0.25) is 0 Å². The van der Waals surface area contributed by atoms with Crippen molar-refractivity contribution in [3.8, 4) is 0 Å². The zero-order valence-corrected chi connectivity index (χ0v) is 6.06. The Kier molecular flexibility index (Phi) is 9.51. The first-order valence-electron chi connectivity index (χ1n) is 2.34. The molecule has 0 aromatic carbocycles. The molecule has 1 atom stereocenters. The fourth-order valence-electron chi connectivity index (χ4n) is 0.165. The van der Waals surface area contributed by atoms with Crippen molar-refractivity contribution in [3.63, 3.8) is 0 Å². The Morgan fingerprint density at radius 2 is 2.25 bits per heavy atom. The fraction of sp³-hybridized carbons (Fsp3) is 0.800. The molecule has 3 heteroatoms. The molecule has 0 aliphatic rings. The maximum atomic E-state index is 9.43. The van der Waals surface area contributed by atoms with Crippen molar-refractivity contribution in [1.82, 2.24) is 0 Å².